The van der Waals surface area contributed by atoms with Crippen molar-refractivity contribution in [3.63, 3.8) is 0 Å². The van der Waals surface area contributed by atoms with Gasteiger partial charge >= 0.3 is 5.97 Å². The van der Waals surface area contributed by atoms with E-state index in [9.17, 15) is 14.0 Å². The molecule has 3 nitrogen and oxygen atoms in total. The van der Waals surface area contributed by atoms with Gasteiger partial charge in [0.25, 0.3) is 0 Å². The van der Waals surface area contributed by atoms with E-state index in [0.717, 1.165) is 31.2 Å². The Labute approximate surface area is 147 Å². The van der Waals surface area contributed by atoms with E-state index in [1.165, 1.54) is 5.56 Å². The second kappa shape index (κ2) is 5.93. The molecule has 134 valence electrons. The molecule has 25 heavy (non-hydrogen) atoms. The normalized spacial score (nSPS) is 36.5. The molecule has 3 aliphatic carbocycles. The minimum atomic E-state index is -0.780. The van der Waals surface area contributed by atoms with Crippen LogP contribution < -0.4 is 0 Å². The van der Waals surface area contributed by atoms with Crippen LogP contribution in [0.3, 0.4) is 0 Å². The highest BCUT2D eigenvalue weighted by Crippen LogP contribution is 2.62. The molecule has 1 aromatic rings. The molecule has 1 N–H and O–H groups in total. The second-order valence-electron chi connectivity index (χ2n) is 8.45. The van der Waals surface area contributed by atoms with E-state index < -0.39 is 5.97 Å². The Bertz CT molecular complexity index is 728. The molecular weight excluding hydrogens is 319 g/mol. The minimum absolute atomic E-state index is 0.143. The van der Waals surface area contributed by atoms with Gasteiger partial charge in [-0.05, 0) is 79.0 Å². The Kier molecular flexibility index (Phi) is 3.97. The molecule has 0 bridgehead atoms. The summed E-state index contributed by atoms with van der Waals surface area (Å²) in [5.41, 5.74) is 2.09. The zero-order valence-corrected chi connectivity index (χ0v) is 14.6. The fourth-order valence-corrected chi connectivity index (χ4v) is 6.18. The Morgan fingerprint density at radius 3 is 2.92 bits per heavy atom. The van der Waals surface area contributed by atoms with Crippen molar-refractivity contribution in [3.8, 4) is 0 Å². The van der Waals surface area contributed by atoms with E-state index in [0.29, 0.717) is 30.5 Å². The summed E-state index contributed by atoms with van der Waals surface area (Å²) in [5, 5.41) is 9.07. The van der Waals surface area contributed by atoms with E-state index in [1.54, 1.807) is 12.1 Å². The van der Waals surface area contributed by atoms with Crippen LogP contribution in [0.4, 0.5) is 4.39 Å². The maximum atomic E-state index is 13.6. The summed E-state index contributed by atoms with van der Waals surface area (Å²) in [6.07, 6.45) is 4.98. The SMILES string of the molecule is CC12CCC3c4ccc(F)cc4CCC3C1C(CCC(=O)O)CC2=O. The van der Waals surface area contributed by atoms with Crippen molar-refractivity contribution in [2.45, 2.75) is 57.8 Å². The van der Waals surface area contributed by atoms with Crippen molar-refractivity contribution in [2.75, 3.05) is 0 Å². The average Bonchev–Trinajstić information content (AvgIpc) is 2.83. The van der Waals surface area contributed by atoms with E-state index in [2.05, 4.69) is 6.92 Å². The standard InChI is InChI=1S/C21H25FO3/c1-21-9-8-16-15-6-4-14(22)10-12(15)2-5-17(16)20(21)13(11-18(21)23)3-7-19(24)25/h4,6,10,13,16-17,20H,2-3,5,7-9,11H2,1H3,(H,24,25). The molecule has 0 aromatic heterocycles. The van der Waals surface area contributed by atoms with Gasteiger partial charge in [0.05, 0.1) is 0 Å². The molecule has 0 saturated heterocycles. The van der Waals surface area contributed by atoms with Crippen LogP contribution in [0.2, 0.25) is 0 Å². The van der Waals surface area contributed by atoms with Gasteiger partial charge in [-0.1, -0.05) is 13.0 Å². The molecule has 4 heteroatoms. The molecule has 0 aliphatic heterocycles. The van der Waals surface area contributed by atoms with Gasteiger partial charge in [-0.25, -0.2) is 4.39 Å². The van der Waals surface area contributed by atoms with Gasteiger partial charge in [0.15, 0.2) is 0 Å². The molecule has 0 amide bonds. The molecular formula is C21H25FO3. The van der Waals surface area contributed by atoms with Crippen molar-refractivity contribution >= 4 is 11.8 Å². The summed E-state index contributed by atoms with van der Waals surface area (Å²) in [6.45, 7) is 2.11. The number of Topliss-reactive ketones (excluding diaryl/α,β-unsaturated/α-hetero) is 1. The first-order valence-corrected chi connectivity index (χ1v) is 9.43. The van der Waals surface area contributed by atoms with Gasteiger partial charge in [0, 0.05) is 18.3 Å². The predicted octanol–water partition coefficient (Wildman–Crippen LogP) is 4.34. The Balaban J connectivity index is 1.67. The Morgan fingerprint density at radius 1 is 1.36 bits per heavy atom. The monoisotopic (exact) mass is 344 g/mol. The third-order valence-electron chi connectivity index (χ3n) is 7.26. The lowest BCUT2D eigenvalue weighted by Gasteiger charge is -2.50. The van der Waals surface area contributed by atoms with E-state index in [1.807, 2.05) is 6.07 Å². The lowest BCUT2D eigenvalue weighted by molar-refractivity contribution is -0.137. The molecule has 5 unspecified atom stereocenters. The van der Waals surface area contributed by atoms with Crippen molar-refractivity contribution in [3.05, 3.63) is 35.1 Å². The number of hydrogen-bond donors (Lipinski definition) is 1. The highest BCUT2D eigenvalue weighted by molar-refractivity contribution is 5.87. The maximum absolute atomic E-state index is 13.6. The fourth-order valence-electron chi connectivity index (χ4n) is 6.18. The maximum Gasteiger partial charge on any atom is 0.303 e. The Hall–Kier alpha value is -1.71. The number of fused-ring (bicyclic) bond motifs is 5. The first kappa shape index (κ1) is 16.7. The number of halogens is 1. The smallest absolute Gasteiger partial charge is 0.303 e. The van der Waals surface area contributed by atoms with E-state index in [-0.39, 0.29) is 29.5 Å². The first-order chi connectivity index (χ1) is 11.9. The third kappa shape index (κ3) is 2.61. The molecule has 4 rings (SSSR count). The number of carbonyl (C=O) groups is 2. The van der Waals surface area contributed by atoms with Crippen molar-refractivity contribution < 1.29 is 19.1 Å². The molecule has 0 spiro atoms. The number of hydrogen-bond acceptors (Lipinski definition) is 2. The van der Waals surface area contributed by atoms with E-state index >= 15 is 0 Å². The zero-order valence-electron chi connectivity index (χ0n) is 14.6. The van der Waals surface area contributed by atoms with Crippen LogP contribution >= 0.6 is 0 Å². The van der Waals surface area contributed by atoms with Crippen LogP contribution in [0.1, 0.15) is 62.5 Å². The quantitative estimate of drug-likeness (QED) is 0.887. The summed E-state index contributed by atoms with van der Waals surface area (Å²) in [7, 11) is 0. The number of carboxylic acid groups (broad SMARTS) is 1. The van der Waals surface area contributed by atoms with Crippen LogP contribution in [0.25, 0.3) is 0 Å². The Morgan fingerprint density at radius 2 is 2.16 bits per heavy atom. The number of carboxylic acids is 1. The van der Waals surface area contributed by atoms with Crippen LogP contribution in [0.15, 0.2) is 18.2 Å². The van der Waals surface area contributed by atoms with Gasteiger partial charge in [0.1, 0.15) is 11.6 Å². The largest absolute Gasteiger partial charge is 0.481 e. The average molecular weight is 344 g/mol. The van der Waals surface area contributed by atoms with Crippen molar-refractivity contribution in [2.24, 2.45) is 23.2 Å². The predicted molar refractivity (Wildman–Crippen MR) is 91.8 cm³/mol. The highest BCUT2D eigenvalue weighted by Gasteiger charge is 2.58. The number of ketones is 1. The topological polar surface area (TPSA) is 54.4 Å². The molecule has 0 heterocycles. The number of benzene rings is 1. The lowest BCUT2D eigenvalue weighted by atomic mass is 9.54. The summed E-state index contributed by atoms with van der Waals surface area (Å²) >= 11 is 0. The van der Waals surface area contributed by atoms with Gasteiger partial charge in [-0.3, -0.25) is 9.59 Å². The second-order valence-corrected chi connectivity index (χ2v) is 8.45. The molecule has 2 fully saturated rings. The third-order valence-corrected chi connectivity index (χ3v) is 7.26. The van der Waals surface area contributed by atoms with Gasteiger partial charge in [0.2, 0.25) is 0 Å². The number of aryl methyl sites for hydroxylation is 1. The number of carbonyl (C=O) groups excluding carboxylic acids is 1. The van der Waals surface area contributed by atoms with Crippen molar-refractivity contribution in [1.29, 1.82) is 0 Å². The molecule has 5 atom stereocenters. The van der Waals surface area contributed by atoms with Crippen molar-refractivity contribution in [1.82, 2.24) is 0 Å². The summed E-state index contributed by atoms with van der Waals surface area (Å²) < 4.78 is 13.6. The van der Waals surface area contributed by atoms with Gasteiger partial charge in [-0.2, -0.15) is 0 Å². The van der Waals surface area contributed by atoms with E-state index in [4.69, 9.17) is 5.11 Å². The summed E-state index contributed by atoms with van der Waals surface area (Å²) in [4.78, 5) is 23.8. The number of aliphatic carboxylic acids is 1. The fraction of sp³-hybridized carbons (Fsp3) is 0.619. The van der Waals surface area contributed by atoms with Gasteiger partial charge < -0.3 is 5.11 Å². The minimum Gasteiger partial charge on any atom is -0.481 e. The van der Waals surface area contributed by atoms with Crippen LogP contribution in [0, 0.1) is 29.0 Å². The number of rotatable bonds is 3. The van der Waals surface area contributed by atoms with Gasteiger partial charge in [-0.15, -0.1) is 0 Å². The highest BCUT2D eigenvalue weighted by atomic mass is 19.1. The molecule has 3 aliphatic rings. The molecule has 2 saturated carbocycles. The van der Waals surface area contributed by atoms with Crippen LogP contribution in [-0.4, -0.2) is 16.9 Å². The summed E-state index contributed by atoms with van der Waals surface area (Å²) in [6, 6.07) is 5.16. The zero-order chi connectivity index (χ0) is 17.8. The summed E-state index contributed by atoms with van der Waals surface area (Å²) in [5.74, 6) is 0.643. The molecule has 1 aromatic carbocycles. The van der Waals surface area contributed by atoms with Crippen LogP contribution in [-0.2, 0) is 16.0 Å². The molecule has 0 radical (unpaired) electrons. The first-order valence-electron chi connectivity index (χ1n) is 9.43. The lowest BCUT2D eigenvalue weighted by Crippen LogP contribution is -2.44. The van der Waals surface area contributed by atoms with Crippen LogP contribution in [0.5, 0.6) is 0 Å².